The van der Waals surface area contributed by atoms with Crippen LogP contribution in [0.15, 0.2) is 42.6 Å². The zero-order valence-electron chi connectivity index (χ0n) is 12.1. The minimum atomic E-state index is 0.121. The van der Waals surface area contributed by atoms with Gasteiger partial charge < -0.3 is 15.6 Å². The number of nitrogens with one attached hydrogen (secondary N) is 1. The van der Waals surface area contributed by atoms with Crippen LogP contribution < -0.4 is 5.73 Å². The van der Waals surface area contributed by atoms with Crippen molar-refractivity contribution in [1.82, 2.24) is 9.88 Å². The van der Waals surface area contributed by atoms with Crippen molar-refractivity contribution in [3.05, 3.63) is 59.4 Å². The molecule has 3 N–H and O–H groups in total. The zero-order valence-corrected chi connectivity index (χ0v) is 12.1. The molecule has 1 amide bonds. The van der Waals surface area contributed by atoms with E-state index in [-0.39, 0.29) is 11.9 Å². The second-order valence-corrected chi connectivity index (χ2v) is 5.48. The molecular weight excluding hydrogens is 262 g/mol. The lowest BCUT2D eigenvalue weighted by atomic mass is 10.0. The van der Waals surface area contributed by atoms with Gasteiger partial charge in [0.05, 0.1) is 6.04 Å². The summed E-state index contributed by atoms with van der Waals surface area (Å²) in [7, 11) is 0. The average molecular weight is 283 g/mol. The molecule has 1 saturated heterocycles. The van der Waals surface area contributed by atoms with E-state index < -0.39 is 0 Å². The lowest BCUT2D eigenvalue weighted by Crippen LogP contribution is -2.31. The molecule has 0 spiro atoms. The van der Waals surface area contributed by atoms with Crippen LogP contribution >= 0.6 is 0 Å². The van der Waals surface area contributed by atoms with E-state index in [9.17, 15) is 4.79 Å². The van der Waals surface area contributed by atoms with Crippen molar-refractivity contribution >= 4 is 5.91 Å². The van der Waals surface area contributed by atoms with Gasteiger partial charge in [0.1, 0.15) is 0 Å². The molecule has 3 rings (SSSR count). The quantitative estimate of drug-likeness (QED) is 0.905. The fraction of sp³-hybridized carbons (Fsp3) is 0.353. The Morgan fingerprint density at radius 3 is 2.90 bits per heavy atom. The Morgan fingerprint density at radius 2 is 2.14 bits per heavy atom. The summed E-state index contributed by atoms with van der Waals surface area (Å²) in [5, 5.41) is 0. The van der Waals surface area contributed by atoms with Crippen molar-refractivity contribution in [2.75, 3.05) is 13.1 Å². The van der Waals surface area contributed by atoms with Crippen molar-refractivity contribution in [3.8, 4) is 0 Å². The van der Waals surface area contributed by atoms with Gasteiger partial charge in [-0.05, 0) is 49.6 Å². The summed E-state index contributed by atoms with van der Waals surface area (Å²) < 4.78 is 0. The minimum Gasteiger partial charge on any atom is -0.363 e. The first-order chi connectivity index (χ1) is 10.3. The van der Waals surface area contributed by atoms with E-state index >= 15 is 0 Å². The highest BCUT2D eigenvalue weighted by molar-refractivity contribution is 5.96. The number of amides is 1. The minimum absolute atomic E-state index is 0.121. The maximum absolute atomic E-state index is 12.9. The molecule has 1 aromatic carbocycles. The molecule has 2 heterocycles. The Morgan fingerprint density at radius 1 is 1.29 bits per heavy atom. The predicted octanol–water partition coefficient (Wildman–Crippen LogP) is 2.49. The number of H-pyrrole nitrogens is 1. The smallest absolute Gasteiger partial charge is 0.254 e. The summed E-state index contributed by atoms with van der Waals surface area (Å²) in [6.07, 6.45) is 4.72. The predicted molar refractivity (Wildman–Crippen MR) is 83.0 cm³/mol. The monoisotopic (exact) mass is 283 g/mol. The van der Waals surface area contributed by atoms with Crippen molar-refractivity contribution in [2.24, 2.45) is 5.73 Å². The number of nitrogens with zero attached hydrogens (tertiary/aromatic N) is 1. The number of carbonyl (C=O) groups is 1. The van der Waals surface area contributed by atoms with Gasteiger partial charge in [-0.2, -0.15) is 0 Å². The normalized spacial score (nSPS) is 18.1. The summed E-state index contributed by atoms with van der Waals surface area (Å²) in [6.45, 7) is 1.38. The molecule has 0 aliphatic carbocycles. The Balaban J connectivity index is 1.88. The molecule has 2 aromatic rings. The SMILES string of the molecule is NCCc1ccccc1C(=O)N1CCCC1c1ccc[nH]1. The highest BCUT2D eigenvalue weighted by atomic mass is 16.2. The van der Waals surface area contributed by atoms with Crippen molar-refractivity contribution in [1.29, 1.82) is 0 Å². The summed E-state index contributed by atoms with van der Waals surface area (Å²) >= 11 is 0. The van der Waals surface area contributed by atoms with Gasteiger partial charge in [-0.15, -0.1) is 0 Å². The van der Waals surface area contributed by atoms with E-state index in [1.807, 2.05) is 41.4 Å². The molecular formula is C17H21N3O. The van der Waals surface area contributed by atoms with Gasteiger partial charge >= 0.3 is 0 Å². The number of carbonyl (C=O) groups excluding carboxylic acids is 1. The van der Waals surface area contributed by atoms with Gasteiger partial charge in [0.15, 0.2) is 0 Å². The molecule has 0 saturated carbocycles. The van der Waals surface area contributed by atoms with Crippen LogP contribution in [0.1, 0.15) is 40.5 Å². The second kappa shape index (κ2) is 6.14. The highest BCUT2D eigenvalue weighted by Crippen LogP contribution is 2.32. The Kier molecular flexibility index (Phi) is 4.06. The third kappa shape index (κ3) is 2.72. The third-order valence-corrected chi connectivity index (χ3v) is 4.16. The summed E-state index contributed by atoms with van der Waals surface area (Å²) in [5.41, 5.74) is 8.62. The topological polar surface area (TPSA) is 62.1 Å². The first-order valence-corrected chi connectivity index (χ1v) is 7.53. The molecule has 1 aliphatic rings. The molecule has 110 valence electrons. The summed E-state index contributed by atoms with van der Waals surface area (Å²) in [4.78, 5) is 18.1. The van der Waals surface area contributed by atoms with E-state index in [1.165, 1.54) is 0 Å². The molecule has 1 unspecified atom stereocenters. The second-order valence-electron chi connectivity index (χ2n) is 5.48. The molecule has 4 nitrogen and oxygen atoms in total. The zero-order chi connectivity index (χ0) is 14.7. The maximum Gasteiger partial charge on any atom is 0.254 e. The van der Waals surface area contributed by atoms with E-state index in [0.717, 1.165) is 42.6 Å². The van der Waals surface area contributed by atoms with Crippen LogP contribution in [0.5, 0.6) is 0 Å². The number of likely N-dealkylation sites (tertiary alicyclic amines) is 1. The van der Waals surface area contributed by atoms with Crippen LogP contribution in [0.3, 0.4) is 0 Å². The highest BCUT2D eigenvalue weighted by Gasteiger charge is 2.31. The molecule has 1 atom stereocenters. The maximum atomic E-state index is 12.9. The fourth-order valence-electron chi connectivity index (χ4n) is 3.14. The molecule has 4 heteroatoms. The van der Waals surface area contributed by atoms with Gasteiger partial charge in [0.2, 0.25) is 0 Å². The molecule has 0 bridgehead atoms. The van der Waals surface area contributed by atoms with Crippen LogP contribution in [-0.2, 0) is 6.42 Å². The lowest BCUT2D eigenvalue weighted by molar-refractivity contribution is 0.0732. The number of hydrogen-bond donors (Lipinski definition) is 2. The fourth-order valence-corrected chi connectivity index (χ4v) is 3.14. The van der Waals surface area contributed by atoms with Gasteiger partial charge in [-0.3, -0.25) is 4.79 Å². The van der Waals surface area contributed by atoms with Crippen LogP contribution in [0, 0.1) is 0 Å². The molecule has 21 heavy (non-hydrogen) atoms. The summed E-state index contributed by atoms with van der Waals surface area (Å²) in [6, 6.07) is 12.0. The number of aromatic nitrogens is 1. The Labute approximate surface area is 125 Å². The van der Waals surface area contributed by atoms with Crippen molar-refractivity contribution in [2.45, 2.75) is 25.3 Å². The van der Waals surface area contributed by atoms with Crippen molar-refractivity contribution in [3.63, 3.8) is 0 Å². The molecule has 1 aliphatic heterocycles. The Bertz CT molecular complexity index is 606. The van der Waals surface area contributed by atoms with Gasteiger partial charge in [-0.25, -0.2) is 0 Å². The van der Waals surface area contributed by atoms with Crippen molar-refractivity contribution < 1.29 is 4.79 Å². The standard InChI is InChI=1S/C17H21N3O/c18-10-9-13-5-1-2-6-14(13)17(21)20-12-4-8-16(20)15-7-3-11-19-15/h1-3,5-7,11,16,19H,4,8-10,12,18H2. The Hall–Kier alpha value is -2.07. The van der Waals surface area contributed by atoms with E-state index in [4.69, 9.17) is 5.73 Å². The van der Waals surface area contributed by atoms with Crippen LogP contribution in [0.4, 0.5) is 0 Å². The van der Waals surface area contributed by atoms with Crippen LogP contribution in [0.25, 0.3) is 0 Å². The van der Waals surface area contributed by atoms with Gasteiger partial charge in [0.25, 0.3) is 5.91 Å². The average Bonchev–Trinajstić information content (AvgIpc) is 3.18. The molecule has 1 aromatic heterocycles. The van der Waals surface area contributed by atoms with E-state index in [1.54, 1.807) is 0 Å². The van der Waals surface area contributed by atoms with Crippen LogP contribution in [-0.4, -0.2) is 28.9 Å². The third-order valence-electron chi connectivity index (χ3n) is 4.16. The largest absolute Gasteiger partial charge is 0.363 e. The van der Waals surface area contributed by atoms with E-state index in [2.05, 4.69) is 11.1 Å². The number of hydrogen-bond acceptors (Lipinski definition) is 2. The van der Waals surface area contributed by atoms with Gasteiger partial charge in [-0.1, -0.05) is 18.2 Å². The lowest BCUT2D eigenvalue weighted by Gasteiger charge is -2.25. The first-order valence-electron chi connectivity index (χ1n) is 7.53. The number of benzene rings is 1. The van der Waals surface area contributed by atoms with E-state index in [0.29, 0.717) is 6.54 Å². The number of nitrogens with two attached hydrogens (primary N) is 1. The molecule has 0 radical (unpaired) electrons. The van der Waals surface area contributed by atoms with Gasteiger partial charge in [0, 0.05) is 24.0 Å². The van der Waals surface area contributed by atoms with Crippen LogP contribution in [0.2, 0.25) is 0 Å². The summed E-state index contributed by atoms with van der Waals surface area (Å²) in [5.74, 6) is 0.121. The number of rotatable bonds is 4. The molecule has 1 fully saturated rings. The first kappa shape index (κ1) is 13.9. The number of aromatic amines is 1.